The van der Waals surface area contributed by atoms with E-state index < -0.39 is 53.5 Å². The molecule has 0 radical (unpaired) electrons. The van der Waals surface area contributed by atoms with Crippen LogP contribution >= 0.6 is 0 Å². The molecule has 5 rings (SSSR count). The number of hydrogen-bond donors (Lipinski definition) is 0. The molecule has 3 aromatic rings. The van der Waals surface area contributed by atoms with Crippen LogP contribution in [0.5, 0.6) is 0 Å². The van der Waals surface area contributed by atoms with E-state index in [1.54, 1.807) is 29.2 Å². The summed E-state index contributed by atoms with van der Waals surface area (Å²) in [7, 11) is 0. The highest BCUT2D eigenvalue weighted by molar-refractivity contribution is 5.98. The van der Waals surface area contributed by atoms with Crippen molar-refractivity contribution in [2.45, 2.75) is 49.9 Å². The van der Waals surface area contributed by atoms with Crippen LogP contribution in [-0.4, -0.2) is 35.8 Å². The maximum absolute atomic E-state index is 13.8. The second-order valence-electron chi connectivity index (χ2n) is 10.4. The fourth-order valence-electron chi connectivity index (χ4n) is 5.67. The number of ether oxygens (including phenoxy) is 1. The lowest BCUT2D eigenvalue weighted by Crippen LogP contribution is -2.39. The monoisotopic (exact) mass is 591 g/mol. The fraction of sp³-hybridized carbons (Fsp3) is 0.290. The summed E-state index contributed by atoms with van der Waals surface area (Å²) in [6, 6.07) is 13.0. The maximum atomic E-state index is 13.8. The van der Waals surface area contributed by atoms with Crippen LogP contribution in [0.15, 0.2) is 72.8 Å². The summed E-state index contributed by atoms with van der Waals surface area (Å²) in [5.74, 6) is -1.41. The van der Waals surface area contributed by atoms with Gasteiger partial charge in [0, 0.05) is 30.1 Å². The molecule has 0 bridgehead atoms. The number of aldehydes is 1. The van der Waals surface area contributed by atoms with Gasteiger partial charge in [-0.05, 0) is 65.9 Å². The summed E-state index contributed by atoms with van der Waals surface area (Å²) < 4.78 is 101. The highest BCUT2D eigenvalue weighted by atomic mass is 19.4. The third-order valence-corrected chi connectivity index (χ3v) is 7.73. The Hall–Kier alpha value is -3.99. The lowest BCUT2D eigenvalue weighted by molar-refractivity contribution is -0.143. The maximum Gasteiger partial charge on any atom is 0.416 e. The van der Waals surface area contributed by atoms with Crippen molar-refractivity contribution in [3.05, 3.63) is 112 Å². The summed E-state index contributed by atoms with van der Waals surface area (Å²) in [6.07, 6.45) is -9.56. The number of amides is 1. The van der Waals surface area contributed by atoms with E-state index in [4.69, 9.17) is 4.74 Å². The third-order valence-electron chi connectivity index (χ3n) is 7.73. The van der Waals surface area contributed by atoms with Crippen molar-refractivity contribution in [2.24, 2.45) is 0 Å². The molecule has 0 aromatic heterocycles. The minimum atomic E-state index is -5.02. The zero-order valence-corrected chi connectivity index (χ0v) is 22.0. The molecule has 4 nitrogen and oxygen atoms in total. The Morgan fingerprint density at radius 3 is 2.05 bits per heavy atom. The number of rotatable bonds is 6. The predicted octanol–water partition coefficient (Wildman–Crippen LogP) is 7.60. The van der Waals surface area contributed by atoms with Gasteiger partial charge in [-0.25, -0.2) is 4.39 Å². The van der Waals surface area contributed by atoms with Crippen LogP contribution < -0.4 is 0 Å². The Morgan fingerprint density at radius 2 is 1.50 bits per heavy atom. The molecule has 0 saturated carbocycles. The molecule has 220 valence electrons. The van der Waals surface area contributed by atoms with Crippen LogP contribution in [-0.2, 0) is 21.9 Å². The van der Waals surface area contributed by atoms with E-state index in [-0.39, 0.29) is 24.1 Å². The second kappa shape index (κ2) is 11.0. The summed E-state index contributed by atoms with van der Waals surface area (Å²) in [5, 5.41) is 0. The van der Waals surface area contributed by atoms with Gasteiger partial charge in [0.2, 0.25) is 5.91 Å². The highest BCUT2D eigenvalue weighted by Crippen LogP contribution is 2.45. The molecule has 0 N–H and O–H groups in total. The van der Waals surface area contributed by atoms with Crippen molar-refractivity contribution in [3.8, 4) is 0 Å². The smallest absolute Gasteiger partial charge is 0.368 e. The van der Waals surface area contributed by atoms with Gasteiger partial charge >= 0.3 is 12.4 Å². The number of carbonyl (C=O) groups is 2. The summed E-state index contributed by atoms with van der Waals surface area (Å²) >= 11 is 0. The topological polar surface area (TPSA) is 46.6 Å². The SMILES string of the molecule is C[C@@H](OC1CN2C(=O)C=C(c3ccc(C=O)cc3)CC2[C@@H]1c1ccc(F)cc1)c1cc(C(F)(F)F)cc(C(F)(F)F)c1. The molecule has 1 saturated heterocycles. The standard InChI is InChI=1S/C31H24F7NO3/c1-17(21-10-23(30(33,34)35)14-24(11-21)31(36,37)38)42-27-15-39-26(29(27)20-6-8-25(32)9-7-20)12-22(13-28(39)41)19-4-2-18(16-40)3-5-19/h2-11,13-14,16-17,26-27,29H,12,15H2,1H3/t17-,26?,27?,29+/m1/s1. The quantitative estimate of drug-likeness (QED) is 0.219. The summed E-state index contributed by atoms with van der Waals surface area (Å²) in [6.45, 7) is 1.38. The van der Waals surface area contributed by atoms with Crippen LogP contribution in [0.25, 0.3) is 5.57 Å². The van der Waals surface area contributed by atoms with E-state index in [2.05, 4.69) is 0 Å². The Kier molecular flexibility index (Phi) is 7.74. The lowest BCUT2D eigenvalue weighted by atomic mass is 9.83. The Balaban J connectivity index is 1.49. The Morgan fingerprint density at radius 1 is 0.905 bits per heavy atom. The highest BCUT2D eigenvalue weighted by Gasteiger charge is 2.48. The molecule has 0 spiro atoms. The molecule has 2 aliphatic heterocycles. The summed E-state index contributed by atoms with van der Waals surface area (Å²) in [5.41, 5.74) is -0.761. The summed E-state index contributed by atoms with van der Waals surface area (Å²) in [4.78, 5) is 25.9. The Bertz CT molecular complexity index is 1480. The minimum absolute atomic E-state index is 0.0227. The minimum Gasteiger partial charge on any atom is -0.368 e. The average molecular weight is 592 g/mol. The van der Waals surface area contributed by atoms with Crippen LogP contribution in [0.2, 0.25) is 0 Å². The predicted molar refractivity (Wildman–Crippen MR) is 139 cm³/mol. The van der Waals surface area contributed by atoms with Gasteiger partial charge in [-0.1, -0.05) is 36.4 Å². The van der Waals surface area contributed by atoms with Gasteiger partial charge in [-0.15, -0.1) is 0 Å². The molecule has 2 aliphatic rings. The first-order valence-corrected chi connectivity index (χ1v) is 13.0. The van der Waals surface area contributed by atoms with Crippen molar-refractivity contribution < 1.29 is 45.1 Å². The van der Waals surface area contributed by atoms with E-state index in [1.165, 1.54) is 37.3 Å². The first-order chi connectivity index (χ1) is 19.7. The number of carbonyl (C=O) groups excluding carboxylic acids is 2. The fourth-order valence-corrected chi connectivity index (χ4v) is 5.67. The van der Waals surface area contributed by atoms with Crippen molar-refractivity contribution in [3.63, 3.8) is 0 Å². The third kappa shape index (κ3) is 5.97. The molecule has 1 fully saturated rings. The molecular formula is C31H24F7NO3. The van der Waals surface area contributed by atoms with Gasteiger partial charge in [0.1, 0.15) is 12.1 Å². The number of alkyl halides is 6. The van der Waals surface area contributed by atoms with Crippen molar-refractivity contribution >= 4 is 17.8 Å². The van der Waals surface area contributed by atoms with Gasteiger partial charge in [0.25, 0.3) is 0 Å². The van der Waals surface area contributed by atoms with E-state index in [1.807, 2.05) is 0 Å². The molecule has 0 aliphatic carbocycles. The number of benzene rings is 3. The van der Waals surface area contributed by atoms with Crippen LogP contribution in [0.1, 0.15) is 63.5 Å². The van der Waals surface area contributed by atoms with Gasteiger partial charge < -0.3 is 9.64 Å². The van der Waals surface area contributed by atoms with Crippen LogP contribution in [0.4, 0.5) is 30.7 Å². The Labute approximate surface area is 236 Å². The molecular weight excluding hydrogens is 567 g/mol. The number of hydrogen-bond acceptors (Lipinski definition) is 3. The van der Waals surface area contributed by atoms with Crippen molar-refractivity contribution in [1.82, 2.24) is 4.90 Å². The zero-order chi connectivity index (χ0) is 30.4. The molecule has 2 heterocycles. The zero-order valence-electron chi connectivity index (χ0n) is 22.0. The van der Waals surface area contributed by atoms with Crippen LogP contribution in [0.3, 0.4) is 0 Å². The molecule has 2 unspecified atom stereocenters. The first kappa shape index (κ1) is 29.5. The second-order valence-corrected chi connectivity index (χ2v) is 10.4. The molecule has 11 heteroatoms. The lowest BCUT2D eigenvalue weighted by Gasteiger charge is -2.33. The van der Waals surface area contributed by atoms with E-state index in [0.29, 0.717) is 47.1 Å². The number of halogens is 7. The first-order valence-electron chi connectivity index (χ1n) is 13.0. The normalized spacial score (nSPS) is 21.6. The van der Waals surface area contributed by atoms with Gasteiger partial charge in [-0.2, -0.15) is 26.3 Å². The number of fused-ring (bicyclic) bond motifs is 1. The number of nitrogens with zero attached hydrogens (tertiary/aromatic N) is 1. The van der Waals surface area contributed by atoms with E-state index in [0.717, 1.165) is 0 Å². The van der Waals surface area contributed by atoms with Crippen molar-refractivity contribution in [1.29, 1.82) is 0 Å². The van der Waals surface area contributed by atoms with Crippen LogP contribution in [0, 0.1) is 5.82 Å². The molecule has 3 aromatic carbocycles. The van der Waals surface area contributed by atoms with Crippen molar-refractivity contribution in [2.75, 3.05) is 6.54 Å². The van der Waals surface area contributed by atoms with Gasteiger partial charge in [0.05, 0.1) is 23.3 Å². The van der Waals surface area contributed by atoms with E-state index >= 15 is 0 Å². The molecule has 4 atom stereocenters. The van der Waals surface area contributed by atoms with E-state index in [9.17, 15) is 40.3 Å². The molecule has 42 heavy (non-hydrogen) atoms. The molecule has 1 amide bonds. The largest absolute Gasteiger partial charge is 0.416 e. The van der Waals surface area contributed by atoms with Gasteiger partial charge in [0.15, 0.2) is 0 Å². The average Bonchev–Trinajstić information content (AvgIpc) is 3.30. The van der Waals surface area contributed by atoms with Gasteiger partial charge in [-0.3, -0.25) is 9.59 Å².